The van der Waals surface area contributed by atoms with Gasteiger partial charge in [-0.05, 0) is 55.5 Å². The van der Waals surface area contributed by atoms with Crippen LogP contribution < -0.4 is 10.0 Å². The molecule has 0 saturated heterocycles. The van der Waals surface area contributed by atoms with Gasteiger partial charge in [-0.1, -0.05) is 6.07 Å². The van der Waals surface area contributed by atoms with Crippen molar-refractivity contribution in [2.24, 2.45) is 5.92 Å². The molecule has 0 unspecified atom stereocenters. The minimum Gasteiger partial charge on any atom is -0.369 e. The van der Waals surface area contributed by atoms with Crippen molar-refractivity contribution in [3.05, 3.63) is 77.0 Å². The van der Waals surface area contributed by atoms with Gasteiger partial charge >= 0.3 is 0 Å². The molecule has 0 amide bonds. The Labute approximate surface area is 204 Å². The second-order valence-corrected chi connectivity index (χ2v) is 10.3. The summed E-state index contributed by atoms with van der Waals surface area (Å²) in [4.78, 5) is 23.6. The number of aromatic amines is 1. The van der Waals surface area contributed by atoms with Crippen molar-refractivity contribution < 1.29 is 26.4 Å². The lowest BCUT2D eigenvalue weighted by Crippen LogP contribution is -2.17. The molecule has 12 heteroatoms. The summed E-state index contributed by atoms with van der Waals surface area (Å²) < 4.78 is 71.7. The van der Waals surface area contributed by atoms with Gasteiger partial charge in [-0.15, -0.1) is 0 Å². The molecule has 2 aromatic heterocycles. The van der Waals surface area contributed by atoms with Gasteiger partial charge in [-0.2, -0.15) is 0 Å². The molecule has 0 aliphatic heterocycles. The van der Waals surface area contributed by atoms with Gasteiger partial charge < -0.3 is 10.3 Å². The number of fused-ring (bicyclic) bond motifs is 1. The van der Waals surface area contributed by atoms with Crippen LogP contribution in [0.15, 0.2) is 47.8 Å². The van der Waals surface area contributed by atoms with E-state index in [1.54, 1.807) is 6.92 Å². The molecule has 0 bridgehead atoms. The van der Waals surface area contributed by atoms with Gasteiger partial charge in [-0.25, -0.2) is 31.6 Å². The Kier molecular flexibility index (Phi) is 5.91. The van der Waals surface area contributed by atoms with Crippen molar-refractivity contribution in [3.8, 4) is 0 Å². The zero-order valence-corrected chi connectivity index (χ0v) is 19.7. The normalized spacial score (nSPS) is 13.7. The Bertz CT molecular complexity index is 1620. The summed E-state index contributed by atoms with van der Waals surface area (Å²) in [5.41, 5.74) is -0.994. The van der Waals surface area contributed by atoms with Crippen LogP contribution in [0.2, 0.25) is 0 Å². The van der Waals surface area contributed by atoms with E-state index in [0.29, 0.717) is 29.5 Å². The summed E-state index contributed by atoms with van der Waals surface area (Å²) >= 11 is 0. The van der Waals surface area contributed by atoms with Crippen LogP contribution in [-0.4, -0.2) is 35.7 Å². The smallest absolute Gasteiger partial charge is 0.264 e. The lowest BCUT2D eigenvalue weighted by atomic mass is 10.0. The maximum Gasteiger partial charge on any atom is 0.264 e. The van der Waals surface area contributed by atoms with Crippen LogP contribution in [0.1, 0.15) is 34.3 Å². The molecule has 5 rings (SSSR count). The Morgan fingerprint density at radius 2 is 1.89 bits per heavy atom. The number of halogens is 3. The quantitative estimate of drug-likeness (QED) is 0.297. The highest BCUT2D eigenvalue weighted by Gasteiger charge is 2.29. The standard InChI is InChI=1S/C24H20F3N5O3S/c1-12-2-7-18(16(26)8-12)36(34,35)32-17-6-5-15(25)20(21(17)27)22(33)14-10-29-24-19(14)23(30-11-31-24)28-9-13-3-4-13/h2,5-8,10-11,13,32H,3-4,9H2,1H3,(H2,28,29,30,31). The summed E-state index contributed by atoms with van der Waals surface area (Å²) in [5.74, 6) is -3.88. The van der Waals surface area contributed by atoms with Gasteiger partial charge in [0.2, 0.25) is 5.78 Å². The second-order valence-electron chi connectivity index (χ2n) is 8.62. The van der Waals surface area contributed by atoms with Gasteiger partial charge in [0.05, 0.1) is 22.2 Å². The number of anilines is 2. The van der Waals surface area contributed by atoms with Gasteiger partial charge in [0, 0.05) is 12.7 Å². The zero-order valence-electron chi connectivity index (χ0n) is 18.9. The predicted molar refractivity (Wildman–Crippen MR) is 127 cm³/mol. The monoisotopic (exact) mass is 515 g/mol. The van der Waals surface area contributed by atoms with E-state index in [9.17, 15) is 22.0 Å². The average Bonchev–Trinajstić information content (AvgIpc) is 3.55. The van der Waals surface area contributed by atoms with Gasteiger partial charge in [0.1, 0.15) is 34.3 Å². The summed E-state index contributed by atoms with van der Waals surface area (Å²) in [7, 11) is -4.58. The first-order chi connectivity index (χ1) is 17.2. The van der Waals surface area contributed by atoms with Crippen LogP contribution >= 0.6 is 0 Å². The van der Waals surface area contributed by atoms with Crippen LogP contribution in [0.4, 0.5) is 24.7 Å². The summed E-state index contributed by atoms with van der Waals surface area (Å²) in [6.07, 6.45) is 4.71. The molecule has 1 fully saturated rings. The maximum absolute atomic E-state index is 15.4. The molecule has 0 atom stereocenters. The molecule has 1 aliphatic rings. The molecule has 1 aliphatic carbocycles. The third kappa shape index (κ3) is 4.39. The molecule has 2 aromatic carbocycles. The molecular weight excluding hydrogens is 495 g/mol. The number of aryl methyl sites for hydroxylation is 1. The van der Waals surface area contributed by atoms with Crippen LogP contribution in [0.25, 0.3) is 11.0 Å². The van der Waals surface area contributed by atoms with E-state index in [4.69, 9.17) is 0 Å². The molecular formula is C24H20F3N5O3S. The van der Waals surface area contributed by atoms with Crippen LogP contribution in [0.5, 0.6) is 0 Å². The molecule has 1 saturated carbocycles. The van der Waals surface area contributed by atoms with E-state index in [0.717, 1.165) is 37.1 Å². The Hall–Kier alpha value is -3.93. The summed E-state index contributed by atoms with van der Waals surface area (Å²) in [6.45, 7) is 2.20. The van der Waals surface area contributed by atoms with Crippen molar-refractivity contribution in [3.63, 3.8) is 0 Å². The SMILES string of the molecule is Cc1ccc(S(=O)(=O)Nc2ccc(F)c(C(=O)c3c[nH]c4ncnc(NCC5CC5)c34)c2F)c(F)c1. The minimum atomic E-state index is -4.58. The predicted octanol–water partition coefficient (Wildman–Crippen LogP) is 4.54. The van der Waals surface area contributed by atoms with E-state index in [2.05, 4.69) is 20.3 Å². The van der Waals surface area contributed by atoms with E-state index in [1.807, 2.05) is 4.72 Å². The van der Waals surface area contributed by atoms with E-state index in [-0.39, 0.29) is 10.9 Å². The molecule has 2 heterocycles. The highest BCUT2D eigenvalue weighted by molar-refractivity contribution is 7.92. The fraction of sp³-hybridized carbons (Fsp3) is 0.208. The number of aromatic nitrogens is 3. The number of rotatable bonds is 8. The number of hydrogen-bond donors (Lipinski definition) is 3. The highest BCUT2D eigenvalue weighted by Crippen LogP contribution is 2.32. The van der Waals surface area contributed by atoms with Gasteiger partial charge in [-0.3, -0.25) is 9.52 Å². The molecule has 4 aromatic rings. The fourth-order valence-corrected chi connectivity index (χ4v) is 4.96. The van der Waals surface area contributed by atoms with Crippen molar-refractivity contribution in [1.82, 2.24) is 15.0 Å². The van der Waals surface area contributed by atoms with Crippen LogP contribution in [0, 0.1) is 30.3 Å². The van der Waals surface area contributed by atoms with E-state index >= 15 is 4.39 Å². The summed E-state index contributed by atoms with van der Waals surface area (Å²) in [5, 5.41) is 3.40. The van der Waals surface area contributed by atoms with Crippen molar-refractivity contribution in [1.29, 1.82) is 0 Å². The molecule has 0 radical (unpaired) electrons. The second kappa shape index (κ2) is 8.94. The van der Waals surface area contributed by atoms with E-state index in [1.165, 1.54) is 18.6 Å². The fourth-order valence-electron chi connectivity index (χ4n) is 3.84. The maximum atomic E-state index is 15.4. The Balaban J connectivity index is 1.53. The number of benzene rings is 2. The van der Waals surface area contributed by atoms with Crippen LogP contribution in [-0.2, 0) is 10.0 Å². The van der Waals surface area contributed by atoms with Gasteiger partial charge in [0.25, 0.3) is 10.0 Å². The Morgan fingerprint density at radius 3 is 2.61 bits per heavy atom. The first-order valence-electron chi connectivity index (χ1n) is 11.0. The highest BCUT2D eigenvalue weighted by atomic mass is 32.2. The van der Waals surface area contributed by atoms with Crippen molar-refractivity contribution in [2.75, 3.05) is 16.6 Å². The van der Waals surface area contributed by atoms with E-state index < -0.39 is 49.4 Å². The largest absolute Gasteiger partial charge is 0.369 e. The zero-order chi connectivity index (χ0) is 25.6. The number of sulfonamides is 1. The number of H-pyrrole nitrogens is 1. The first-order valence-corrected chi connectivity index (χ1v) is 12.5. The number of hydrogen-bond acceptors (Lipinski definition) is 6. The molecule has 186 valence electrons. The van der Waals surface area contributed by atoms with Crippen molar-refractivity contribution in [2.45, 2.75) is 24.7 Å². The summed E-state index contributed by atoms with van der Waals surface area (Å²) in [6, 6.07) is 5.01. The number of nitrogens with one attached hydrogen (secondary N) is 3. The number of nitrogens with zero attached hydrogens (tertiary/aromatic N) is 2. The average molecular weight is 516 g/mol. The Morgan fingerprint density at radius 1 is 1.11 bits per heavy atom. The molecule has 8 nitrogen and oxygen atoms in total. The number of carbonyl (C=O) groups excluding carboxylic acids is 1. The molecule has 0 spiro atoms. The molecule has 3 N–H and O–H groups in total. The first kappa shape index (κ1) is 23.8. The third-order valence-electron chi connectivity index (χ3n) is 5.91. The van der Waals surface area contributed by atoms with Gasteiger partial charge in [0.15, 0.2) is 5.82 Å². The number of carbonyl (C=O) groups is 1. The topological polar surface area (TPSA) is 117 Å². The minimum absolute atomic E-state index is 0.0914. The molecule has 36 heavy (non-hydrogen) atoms. The van der Waals surface area contributed by atoms with Crippen LogP contribution in [0.3, 0.4) is 0 Å². The lowest BCUT2D eigenvalue weighted by Gasteiger charge is -2.13. The number of ketones is 1. The van der Waals surface area contributed by atoms with Crippen molar-refractivity contribution >= 4 is 38.3 Å². The third-order valence-corrected chi connectivity index (χ3v) is 7.31. The lowest BCUT2D eigenvalue weighted by molar-refractivity contribution is 0.103.